The first kappa shape index (κ1) is 27.9. The van der Waals surface area contributed by atoms with Crippen molar-refractivity contribution in [3.05, 3.63) is 89.0 Å². The first-order chi connectivity index (χ1) is 18.3. The van der Waals surface area contributed by atoms with Crippen LogP contribution >= 0.6 is 0 Å². The first-order valence-electron chi connectivity index (χ1n) is 12.0. The molecule has 38 heavy (non-hydrogen) atoms. The van der Waals surface area contributed by atoms with Gasteiger partial charge in [0.2, 0.25) is 0 Å². The fraction of sp³-hybridized carbons (Fsp3) is 0.214. The predicted molar refractivity (Wildman–Crippen MR) is 154 cm³/mol. The largest absolute Gasteiger partial charge is 0.395 e. The molecule has 3 aromatic rings. The van der Waals surface area contributed by atoms with Crippen LogP contribution in [-0.2, 0) is 0 Å². The molecule has 0 unspecified atom stereocenters. The van der Waals surface area contributed by atoms with Gasteiger partial charge in [0.1, 0.15) is 0 Å². The van der Waals surface area contributed by atoms with Gasteiger partial charge in [-0.25, -0.2) is 10.9 Å². The minimum absolute atomic E-state index is 0.0346. The van der Waals surface area contributed by atoms with Crippen LogP contribution in [0.4, 0.5) is 17.1 Å². The Bertz CT molecular complexity index is 1190. The molecule has 0 saturated heterocycles. The Hall–Kier alpha value is -4.70. The molecule has 10 nitrogen and oxygen atoms in total. The summed E-state index contributed by atoms with van der Waals surface area (Å²) in [5.74, 6) is -0.659. The van der Waals surface area contributed by atoms with Crippen molar-refractivity contribution < 1.29 is 14.7 Å². The van der Waals surface area contributed by atoms with E-state index in [1.54, 1.807) is 30.3 Å². The summed E-state index contributed by atoms with van der Waals surface area (Å²) in [4.78, 5) is 28.7. The quantitative estimate of drug-likeness (QED) is 0.230. The Balaban J connectivity index is 1.67. The number of rotatable bonds is 11. The lowest BCUT2D eigenvalue weighted by Gasteiger charge is -2.12. The van der Waals surface area contributed by atoms with Gasteiger partial charge in [0.05, 0.1) is 19.0 Å². The third-order valence-electron chi connectivity index (χ3n) is 5.47. The van der Waals surface area contributed by atoms with E-state index in [0.717, 1.165) is 17.1 Å². The number of benzene rings is 3. The van der Waals surface area contributed by atoms with Crippen LogP contribution in [0.1, 0.15) is 31.8 Å². The van der Waals surface area contributed by atoms with E-state index in [-0.39, 0.29) is 18.4 Å². The molecule has 3 rings (SSSR count). The van der Waals surface area contributed by atoms with Gasteiger partial charge in [0, 0.05) is 62.9 Å². The smallest absolute Gasteiger partial charge is 0.271 e. The highest BCUT2D eigenvalue weighted by Crippen LogP contribution is 2.15. The lowest BCUT2D eigenvalue weighted by atomic mass is 10.1. The van der Waals surface area contributed by atoms with Crippen molar-refractivity contribution in [3.63, 3.8) is 0 Å². The average Bonchev–Trinajstić information content (AvgIpc) is 2.91. The lowest BCUT2D eigenvalue weighted by molar-refractivity contribution is 0.0947. The topological polar surface area (TPSA) is 122 Å². The Morgan fingerprint density at radius 2 is 1.16 bits per heavy atom. The van der Waals surface area contributed by atoms with Crippen molar-refractivity contribution in [1.29, 1.82) is 0 Å². The number of nitrogens with one attached hydrogen (secondary N) is 3. The minimum Gasteiger partial charge on any atom is -0.395 e. The molecule has 198 valence electrons. The number of anilines is 3. The summed E-state index contributed by atoms with van der Waals surface area (Å²) in [6.07, 6.45) is 3.02. The maximum atomic E-state index is 12.4. The van der Waals surface area contributed by atoms with Crippen molar-refractivity contribution in [2.24, 2.45) is 10.2 Å². The van der Waals surface area contributed by atoms with Gasteiger partial charge in [-0.2, -0.15) is 10.2 Å². The lowest BCUT2D eigenvalue weighted by Crippen LogP contribution is -2.18. The number of hydrazone groups is 2. The summed E-state index contributed by atoms with van der Waals surface area (Å²) in [5.41, 5.74) is 10.1. The highest BCUT2D eigenvalue weighted by Gasteiger charge is 2.06. The number of carbonyl (C=O) groups is 2. The van der Waals surface area contributed by atoms with Gasteiger partial charge in [-0.1, -0.05) is 0 Å². The van der Waals surface area contributed by atoms with Crippen LogP contribution in [0.2, 0.25) is 0 Å². The molecule has 3 aromatic carbocycles. The molecular formula is C28H33N7O3. The number of hydrogen-bond donors (Lipinski definition) is 4. The molecule has 2 amide bonds. The zero-order valence-electron chi connectivity index (χ0n) is 22.0. The Kier molecular flexibility index (Phi) is 9.95. The maximum Gasteiger partial charge on any atom is 0.271 e. The second-order valence-electron chi connectivity index (χ2n) is 8.82. The van der Waals surface area contributed by atoms with Gasteiger partial charge >= 0.3 is 0 Å². The standard InChI is InChI=1S/C28H33N7O3/c1-34(2)25-9-5-22(6-10-25)27(37)32-30-18-20-15-21(17-24(16-20)29-13-14-36)19-31-33-28(38)23-7-11-26(12-8-23)35(3)4/h5-12,15-19,29,36H,13-14H2,1-4H3,(H,32,37)(H,33,38). The second kappa shape index (κ2) is 13.6. The van der Waals surface area contributed by atoms with Crippen LogP contribution in [0.5, 0.6) is 0 Å². The summed E-state index contributed by atoms with van der Waals surface area (Å²) >= 11 is 0. The minimum atomic E-state index is -0.329. The van der Waals surface area contributed by atoms with Crippen LogP contribution in [-0.4, -0.2) is 70.7 Å². The molecule has 0 bridgehead atoms. The molecule has 0 aliphatic carbocycles. The van der Waals surface area contributed by atoms with Crippen LogP contribution in [0.25, 0.3) is 0 Å². The molecule has 0 aliphatic rings. The number of hydrogen-bond acceptors (Lipinski definition) is 8. The molecule has 0 aliphatic heterocycles. The monoisotopic (exact) mass is 515 g/mol. The van der Waals surface area contributed by atoms with Crippen molar-refractivity contribution in [1.82, 2.24) is 10.9 Å². The fourth-order valence-electron chi connectivity index (χ4n) is 3.41. The molecule has 0 aromatic heterocycles. The van der Waals surface area contributed by atoms with Crippen molar-refractivity contribution >= 4 is 41.3 Å². The normalized spacial score (nSPS) is 11.0. The van der Waals surface area contributed by atoms with E-state index in [1.807, 2.05) is 74.4 Å². The summed E-state index contributed by atoms with van der Waals surface area (Å²) in [6.45, 7) is 0.323. The van der Waals surface area contributed by atoms with Crippen LogP contribution < -0.4 is 26.0 Å². The maximum absolute atomic E-state index is 12.4. The van der Waals surface area contributed by atoms with Gasteiger partial charge in [0.25, 0.3) is 11.8 Å². The molecule has 10 heteroatoms. The third kappa shape index (κ3) is 8.17. The van der Waals surface area contributed by atoms with Crippen LogP contribution in [0.3, 0.4) is 0 Å². The van der Waals surface area contributed by atoms with Crippen molar-refractivity contribution in [2.45, 2.75) is 0 Å². The predicted octanol–water partition coefficient (Wildman–Crippen LogP) is 2.75. The zero-order valence-corrected chi connectivity index (χ0v) is 22.0. The SMILES string of the molecule is CN(C)c1ccc(C(=O)NN=Cc2cc(C=NNC(=O)c3ccc(N(C)C)cc3)cc(NCCO)c2)cc1. The van der Waals surface area contributed by atoms with Crippen LogP contribution in [0, 0.1) is 0 Å². The highest BCUT2D eigenvalue weighted by atomic mass is 16.3. The van der Waals surface area contributed by atoms with E-state index in [2.05, 4.69) is 26.4 Å². The van der Waals surface area contributed by atoms with Crippen molar-refractivity contribution in [3.8, 4) is 0 Å². The van der Waals surface area contributed by atoms with Gasteiger partial charge in [-0.15, -0.1) is 0 Å². The second-order valence-corrected chi connectivity index (χ2v) is 8.82. The Morgan fingerprint density at radius 3 is 1.53 bits per heavy atom. The molecule has 0 saturated carbocycles. The molecule has 0 heterocycles. The van der Waals surface area contributed by atoms with E-state index in [0.29, 0.717) is 28.8 Å². The number of carbonyl (C=O) groups excluding carboxylic acids is 2. The number of amides is 2. The number of aliphatic hydroxyl groups is 1. The molecule has 0 spiro atoms. The average molecular weight is 516 g/mol. The van der Waals surface area contributed by atoms with Gasteiger partial charge in [-0.05, 0) is 77.9 Å². The summed E-state index contributed by atoms with van der Waals surface area (Å²) in [6, 6.07) is 19.8. The Labute approximate surface area is 222 Å². The zero-order chi connectivity index (χ0) is 27.5. The van der Waals surface area contributed by atoms with E-state index in [9.17, 15) is 9.59 Å². The summed E-state index contributed by atoms with van der Waals surface area (Å²) in [7, 11) is 7.72. The van der Waals surface area contributed by atoms with Gasteiger partial charge in [-0.3, -0.25) is 9.59 Å². The van der Waals surface area contributed by atoms with Crippen LogP contribution in [0.15, 0.2) is 76.9 Å². The number of nitrogens with zero attached hydrogens (tertiary/aromatic N) is 4. The van der Waals surface area contributed by atoms with E-state index in [4.69, 9.17) is 5.11 Å². The van der Waals surface area contributed by atoms with Gasteiger partial charge < -0.3 is 20.2 Å². The van der Waals surface area contributed by atoms with Gasteiger partial charge in [0.15, 0.2) is 0 Å². The number of aliphatic hydroxyl groups excluding tert-OH is 1. The molecule has 4 N–H and O–H groups in total. The molecule has 0 fully saturated rings. The highest BCUT2D eigenvalue weighted by molar-refractivity contribution is 5.96. The molecule has 0 radical (unpaired) electrons. The van der Waals surface area contributed by atoms with E-state index < -0.39 is 0 Å². The van der Waals surface area contributed by atoms with Crippen molar-refractivity contribution in [2.75, 3.05) is 56.5 Å². The molecular weight excluding hydrogens is 482 g/mol. The van der Waals surface area contributed by atoms with E-state index in [1.165, 1.54) is 12.4 Å². The first-order valence-corrected chi connectivity index (χ1v) is 12.0. The third-order valence-corrected chi connectivity index (χ3v) is 5.47. The summed E-state index contributed by atoms with van der Waals surface area (Å²) < 4.78 is 0. The summed E-state index contributed by atoms with van der Waals surface area (Å²) in [5, 5.41) is 20.4. The molecule has 0 atom stereocenters. The van der Waals surface area contributed by atoms with E-state index >= 15 is 0 Å². The fourth-order valence-corrected chi connectivity index (χ4v) is 3.41. The Morgan fingerprint density at radius 1 is 0.737 bits per heavy atom.